The first kappa shape index (κ1) is 28.0. The molecule has 2 aromatic rings. The van der Waals surface area contributed by atoms with Gasteiger partial charge < -0.3 is 31.2 Å². The molecule has 2 aromatic heterocycles. The fourth-order valence-corrected chi connectivity index (χ4v) is 5.15. The Bertz CT molecular complexity index is 1600. The molecule has 9 N–H and O–H groups in total. The zero-order valence-electron chi connectivity index (χ0n) is 19.8. The van der Waals surface area contributed by atoms with Crippen LogP contribution >= 0.6 is 11.3 Å². The number of amides is 6. The number of aromatic hydroxyl groups is 1. The number of nitrogens with one attached hydrogen (secondary N) is 6. The molecule has 4 rings (SSSR count). The average molecular weight is 598 g/mol. The van der Waals surface area contributed by atoms with Crippen molar-refractivity contribution >= 4 is 62.0 Å². The number of nitrogens with two attached hydrogens (primary N) is 1. The molecule has 2 aliphatic rings. The number of cyclic esters (lactones) is 1. The van der Waals surface area contributed by atoms with Gasteiger partial charge in [-0.05, 0) is 0 Å². The number of alkyl carbamates (subject to hydrolysis) is 1. The Morgan fingerprint density at radius 2 is 2.00 bits per heavy atom. The molecule has 2 saturated heterocycles. The van der Waals surface area contributed by atoms with Gasteiger partial charge in [-0.3, -0.25) is 34.8 Å². The number of thiazole rings is 1. The van der Waals surface area contributed by atoms with Gasteiger partial charge in [-0.1, -0.05) is 0 Å². The largest absolute Gasteiger partial charge is 0.503 e. The van der Waals surface area contributed by atoms with Gasteiger partial charge >= 0.3 is 12.1 Å². The molecule has 0 aliphatic carbocycles. The third-order valence-corrected chi connectivity index (χ3v) is 7.37. The van der Waals surface area contributed by atoms with Crippen molar-refractivity contribution < 1.29 is 42.2 Å². The minimum absolute atomic E-state index is 0.0135. The number of H-pyrrole nitrogens is 1. The smallest absolute Gasteiger partial charge is 0.409 e. The maximum absolute atomic E-state index is 12.6. The zero-order valence-corrected chi connectivity index (χ0v) is 21.4. The van der Waals surface area contributed by atoms with Crippen molar-refractivity contribution in [2.45, 2.75) is 18.3 Å². The lowest BCUT2D eigenvalue weighted by Gasteiger charge is -2.36. The lowest BCUT2D eigenvalue weighted by Crippen LogP contribution is -2.68. The topological polar surface area (TPSA) is 296 Å². The van der Waals surface area contributed by atoms with E-state index in [2.05, 4.69) is 25.9 Å². The van der Waals surface area contributed by atoms with E-state index in [1.165, 1.54) is 5.38 Å². The number of nitrogens with zero attached hydrogens (tertiary/aromatic N) is 2. The number of pyridine rings is 1. The number of hydrogen-bond donors (Lipinski definition) is 8. The summed E-state index contributed by atoms with van der Waals surface area (Å²) in [6.07, 6.45) is -3.17. The van der Waals surface area contributed by atoms with Gasteiger partial charge in [-0.15, -0.1) is 11.3 Å². The van der Waals surface area contributed by atoms with E-state index in [1.54, 1.807) is 4.72 Å². The standard InChI is InChI=1S/C19H19N9O10S2/c20-12(8-4-39-17(21)24-8)15(32)23-7-3-28(16(7)33)18(34)27-40(36,37)5-11-13(26-19(35)38-11)25-14(31)6-1-9(29)10(30)2-22-6/h1-2,4,7,11,13,20,30H,3,5H2,(H2,21,24)(H,22,29)(H,23,32)(H,25,31)(H,26,35)(H,27,34). The summed E-state index contributed by atoms with van der Waals surface area (Å²) in [5, 5.41) is 25.2. The summed E-state index contributed by atoms with van der Waals surface area (Å²) in [6.45, 7) is -0.401. The Morgan fingerprint density at radius 1 is 1.27 bits per heavy atom. The summed E-state index contributed by atoms with van der Waals surface area (Å²) in [5.41, 5.74) is 3.69. The van der Waals surface area contributed by atoms with E-state index in [-0.39, 0.29) is 16.5 Å². The molecule has 0 bridgehead atoms. The molecule has 0 spiro atoms. The lowest BCUT2D eigenvalue weighted by molar-refractivity contribution is -0.141. The fraction of sp³-hybridized carbons (Fsp3) is 0.263. The van der Waals surface area contributed by atoms with Crippen LogP contribution in [0.15, 0.2) is 22.4 Å². The number of carbonyl (C=O) groups is 5. The molecular weight excluding hydrogens is 578 g/mol. The molecule has 0 aromatic carbocycles. The predicted octanol–water partition coefficient (Wildman–Crippen LogP) is -3.28. The summed E-state index contributed by atoms with van der Waals surface area (Å²) >= 11 is 1.00. The van der Waals surface area contributed by atoms with Crippen molar-refractivity contribution in [3.8, 4) is 5.75 Å². The van der Waals surface area contributed by atoms with Gasteiger partial charge in [-0.25, -0.2) is 27.7 Å². The molecule has 2 fully saturated rings. The first-order valence-corrected chi connectivity index (χ1v) is 13.4. The second kappa shape index (κ2) is 10.6. The van der Waals surface area contributed by atoms with Crippen LogP contribution in [0.3, 0.4) is 0 Å². The van der Waals surface area contributed by atoms with Crippen LogP contribution in [-0.2, 0) is 24.3 Å². The van der Waals surface area contributed by atoms with Crippen LogP contribution in [0.5, 0.6) is 5.75 Å². The molecule has 0 saturated carbocycles. The highest BCUT2D eigenvalue weighted by atomic mass is 32.2. The Balaban J connectivity index is 1.31. The van der Waals surface area contributed by atoms with E-state index in [4.69, 9.17) is 15.9 Å². The van der Waals surface area contributed by atoms with E-state index in [1.807, 2.05) is 0 Å². The highest BCUT2D eigenvalue weighted by Crippen LogP contribution is 2.15. The molecule has 19 nitrogen and oxygen atoms in total. The van der Waals surface area contributed by atoms with Crippen molar-refractivity contribution in [1.82, 2.24) is 35.5 Å². The number of carbonyl (C=O) groups excluding carboxylic acids is 5. The Hall–Kier alpha value is -5.05. The summed E-state index contributed by atoms with van der Waals surface area (Å²) in [7, 11) is -4.56. The third-order valence-electron chi connectivity index (χ3n) is 5.44. The van der Waals surface area contributed by atoms with E-state index >= 15 is 0 Å². The fourth-order valence-electron chi connectivity index (χ4n) is 3.44. The minimum atomic E-state index is -4.56. The van der Waals surface area contributed by atoms with Crippen molar-refractivity contribution in [2.24, 2.45) is 0 Å². The highest BCUT2D eigenvalue weighted by molar-refractivity contribution is 7.90. The van der Waals surface area contributed by atoms with Crippen LogP contribution in [0.1, 0.15) is 16.2 Å². The van der Waals surface area contributed by atoms with E-state index in [0.717, 1.165) is 23.6 Å². The number of imide groups is 1. The number of rotatable bonds is 8. The van der Waals surface area contributed by atoms with Crippen LogP contribution in [-0.4, -0.2) is 94.6 Å². The normalized spacial score (nSPS) is 20.1. The molecule has 2 aliphatic heterocycles. The monoisotopic (exact) mass is 597 g/mol. The molecular formula is C19H19N9O10S2. The van der Waals surface area contributed by atoms with Crippen LogP contribution in [0.25, 0.3) is 0 Å². The summed E-state index contributed by atoms with van der Waals surface area (Å²) in [6, 6.07) is -1.79. The van der Waals surface area contributed by atoms with Gasteiger partial charge in [0.25, 0.3) is 17.7 Å². The molecule has 3 unspecified atom stereocenters. The lowest BCUT2D eigenvalue weighted by atomic mass is 10.1. The number of aromatic nitrogens is 2. The number of anilines is 1. The van der Waals surface area contributed by atoms with E-state index < -0.39 is 87.4 Å². The SMILES string of the molecule is N=C(C(=O)NC1CN(C(=O)NS(=O)(=O)CC2OC(=O)NC2NC(=O)c2cc(=O)c(O)c[nH]2)C1=O)c1csc(N)n1. The molecule has 212 valence electrons. The van der Waals surface area contributed by atoms with Gasteiger partial charge in [0.05, 0.1) is 6.54 Å². The second-order valence-corrected chi connectivity index (χ2v) is 10.9. The van der Waals surface area contributed by atoms with Crippen molar-refractivity contribution in [3.05, 3.63) is 39.3 Å². The first-order valence-electron chi connectivity index (χ1n) is 10.9. The van der Waals surface area contributed by atoms with Gasteiger partial charge in [0.2, 0.25) is 15.5 Å². The maximum atomic E-state index is 12.6. The molecule has 0 radical (unpaired) electrons. The Labute approximate surface area is 226 Å². The van der Waals surface area contributed by atoms with Crippen molar-refractivity contribution in [3.63, 3.8) is 0 Å². The molecule has 40 heavy (non-hydrogen) atoms. The maximum Gasteiger partial charge on any atom is 0.409 e. The third kappa shape index (κ3) is 5.99. The summed E-state index contributed by atoms with van der Waals surface area (Å²) in [4.78, 5) is 79.1. The number of hydrogen-bond acceptors (Lipinski definition) is 14. The number of ether oxygens (including phenoxy) is 1. The van der Waals surface area contributed by atoms with E-state index in [0.29, 0.717) is 4.90 Å². The van der Waals surface area contributed by atoms with Gasteiger partial charge in [0, 0.05) is 17.6 Å². The minimum Gasteiger partial charge on any atom is -0.503 e. The van der Waals surface area contributed by atoms with Gasteiger partial charge in [-0.2, -0.15) is 0 Å². The summed E-state index contributed by atoms with van der Waals surface area (Å²) in [5.74, 6) is -4.54. The number of urea groups is 1. The Kier molecular flexibility index (Phi) is 7.42. The van der Waals surface area contributed by atoms with Gasteiger partial charge in [0.15, 0.2) is 17.0 Å². The second-order valence-electron chi connectivity index (χ2n) is 8.24. The van der Waals surface area contributed by atoms with Crippen molar-refractivity contribution in [1.29, 1.82) is 5.41 Å². The summed E-state index contributed by atoms with van der Waals surface area (Å²) < 4.78 is 31.6. The molecule has 4 heterocycles. The van der Waals surface area contributed by atoms with E-state index in [9.17, 15) is 42.3 Å². The Morgan fingerprint density at radius 3 is 2.62 bits per heavy atom. The van der Waals surface area contributed by atoms with Crippen LogP contribution in [0.4, 0.5) is 14.7 Å². The predicted molar refractivity (Wildman–Crippen MR) is 133 cm³/mol. The highest BCUT2D eigenvalue weighted by Gasteiger charge is 2.44. The van der Waals surface area contributed by atoms with Crippen LogP contribution in [0.2, 0.25) is 0 Å². The average Bonchev–Trinajstić information content (AvgIpc) is 3.45. The number of β-lactam (4-membered cyclic amide) rings is 1. The molecule has 6 amide bonds. The number of likely N-dealkylation sites (tertiary alicyclic amines) is 1. The number of nitrogen functional groups attached to an aromatic ring is 1. The number of aromatic amines is 1. The molecule has 3 atom stereocenters. The van der Waals surface area contributed by atoms with Crippen LogP contribution < -0.4 is 31.8 Å². The number of sulfonamides is 1. The first-order chi connectivity index (χ1) is 18.7. The molecule has 21 heteroatoms. The van der Waals surface area contributed by atoms with Crippen molar-refractivity contribution in [2.75, 3.05) is 18.0 Å². The zero-order chi connectivity index (χ0) is 29.4. The van der Waals surface area contributed by atoms with Gasteiger partial charge in [0.1, 0.15) is 35.1 Å². The quantitative estimate of drug-likeness (QED) is 0.110. The van der Waals surface area contributed by atoms with Crippen LogP contribution in [0, 0.1) is 5.41 Å².